The highest BCUT2D eigenvalue weighted by atomic mass is 35.5. The molecule has 0 bridgehead atoms. The molecule has 0 saturated carbocycles. The van der Waals surface area contributed by atoms with Gasteiger partial charge in [0.1, 0.15) is 10.8 Å². The Morgan fingerprint density at radius 2 is 2.31 bits per heavy atom. The van der Waals surface area contributed by atoms with Gasteiger partial charge in [-0.15, -0.1) is 0 Å². The number of aliphatic hydroxyl groups is 1. The molecule has 1 aliphatic rings. The van der Waals surface area contributed by atoms with E-state index in [2.05, 4.69) is 13.8 Å². The van der Waals surface area contributed by atoms with E-state index < -0.39 is 5.60 Å². The van der Waals surface area contributed by atoms with Gasteiger partial charge in [0, 0.05) is 24.3 Å². The number of hydrogen-bond donors (Lipinski definition) is 2. The van der Waals surface area contributed by atoms with Gasteiger partial charge in [-0.25, -0.2) is 0 Å². The summed E-state index contributed by atoms with van der Waals surface area (Å²) in [5.74, 6) is 0. The van der Waals surface area contributed by atoms with E-state index in [-0.39, 0.29) is 6.54 Å². The molecular weight excluding hydrogens is 224 g/mol. The van der Waals surface area contributed by atoms with Crippen molar-refractivity contribution in [3.8, 4) is 0 Å². The summed E-state index contributed by atoms with van der Waals surface area (Å²) >= 11 is 6.33. The molecule has 1 aliphatic carbocycles. The Kier molecular flexibility index (Phi) is 3.03. The fourth-order valence-electron chi connectivity index (χ4n) is 2.46. The van der Waals surface area contributed by atoms with E-state index in [4.69, 9.17) is 17.3 Å². The predicted molar refractivity (Wildman–Crippen MR) is 65.7 cm³/mol. The van der Waals surface area contributed by atoms with Crippen molar-refractivity contribution in [2.24, 2.45) is 5.73 Å². The number of halogens is 1. The highest BCUT2D eigenvalue weighted by Gasteiger charge is 2.36. The fourth-order valence-corrected chi connectivity index (χ4v) is 2.90. The first-order valence-electron chi connectivity index (χ1n) is 5.81. The van der Waals surface area contributed by atoms with Gasteiger partial charge >= 0.3 is 0 Å². The van der Waals surface area contributed by atoms with Crippen LogP contribution in [0.2, 0.25) is 5.15 Å². The van der Waals surface area contributed by atoms with Crippen LogP contribution in [0.5, 0.6) is 0 Å². The summed E-state index contributed by atoms with van der Waals surface area (Å²) in [4.78, 5) is 0. The SMILES string of the molecule is CC(C)n1cc2c(c1Cl)CCCC2(O)CN. The van der Waals surface area contributed by atoms with E-state index in [0.717, 1.165) is 35.5 Å². The molecule has 1 atom stereocenters. The minimum absolute atomic E-state index is 0.262. The van der Waals surface area contributed by atoms with E-state index in [0.29, 0.717) is 6.04 Å². The molecule has 3 N–H and O–H groups in total. The maximum absolute atomic E-state index is 10.5. The largest absolute Gasteiger partial charge is 0.384 e. The van der Waals surface area contributed by atoms with Crippen molar-refractivity contribution in [3.63, 3.8) is 0 Å². The number of rotatable bonds is 2. The predicted octanol–water partition coefficient (Wildman–Crippen LogP) is 2.20. The third-order valence-corrected chi connectivity index (χ3v) is 3.90. The van der Waals surface area contributed by atoms with Crippen LogP contribution in [0.25, 0.3) is 0 Å². The molecule has 0 radical (unpaired) electrons. The Hall–Kier alpha value is -0.510. The summed E-state index contributed by atoms with van der Waals surface area (Å²) in [6, 6.07) is 0.306. The molecule has 0 fully saturated rings. The average Bonchev–Trinajstić information content (AvgIpc) is 2.59. The molecule has 0 spiro atoms. The number of nitrogens with two attached hydrogens (primary N) is 1. The Morgan fingerprint density at radius 3 is 2.88 bits per heavy atom. The standard InChI is InChI=1S/C12H19ClN2O/c1-8(2)15-6-10-9(11(15)13)4-3-5-12(10,16)7-14/h6,8,16H,3-5,7,14H2,1-2H3. The molecule has 90 valence electrons. The Morgan fingerprint density at radius 1 is 1.62 bits per heavy atom. The molecule has 1 aromatic rings. The quantitative estimate of drug-likeness (QED) is 0.836. The maximum atomic E-state index is 10.5. The third-order valence-electron chi connectivity index (χ3n) is 3.48. The summed E-state index contributed by atoms with van der Waals surface area (Å²) < 4.78 is 2.01. The molecule has 0 saturated heterocycles. The summed E-state index contributed by atoms with van der Waals surface area (Å²) in [5.41, 5.74) is 6.82. The molecule has 3 nitrogen and oxygen atoms in total. The minimum atomic E-state index is -0.878. The monoisotopic (exact) mass is 242 g/mol. The number of hydrogen-bond acceptors (Lipinski definition) is 2. The van der Waals surface area contributed by atoms with E-state index in [9.17, 15) is 5.11 Å². The molecule has 1 unspecified atom stereocenters. The van der Waals surface area contributed by atoms with Gasteiger partial charge in [-0.3, -0.25) is 0 Å². The lowest BCUT2D eigenvalue weighted by Crippen LogP contribution is -2.37. The van der Waals surface area contributed by atoms with Gasteiger partial charge in [-0.1, -0.05) is 11.6 Å². The van der Waals surface area contributed by atoms with Gasteiger partial charge in [0.05, 0.1) is 0 Å². The van der Waals surface area contributed by atoms with Crippen LogP contribution >= 0.6 is 11.6 Å². The zero-order valence-electron chi connectivity index (χ0n) is 9.83. The van der Waals surface area contributed by atoms with E-state index in [1.54, 1.807) is 0 Å². The fraction of sp³-hybridized carbons (Fsp3) is 0.667. The first-order chi connectivity index (χ1) is 7.49. The van der Waals surface area contributed by atoms with Crippen LogP contribution in [0.4, 0.5) is 0 Å². The zero-order chi connectivity index (χ0) is 11.9. The van der Waals surface area contributed by atoms with Crippen molar-refractivity contribution >= 4 is 11.6 Å². The van der Waals surface area contributed by atoms with Crippen molar-refractivity contribution in [1.29, 1.82) is 0 Å². The van der Waals surface area contributed by atoms with Crippen molar-refractivity contribution in [2.75, 3.05) is 6.54 Å². The highest BCUT2D eigenvalue weighted by molar-refractivity contribution is 6.30. The van der Waals surface area contributed by atoms with Gasteiger partial charge in [0.2, 0.25) is 0 Å². The molecule has 0 aliphatic heterocycles. The third kappa shape index (κ3) is 1.67. The lowest BCUT2D eigenvalue weighted by molar-refractivity contribution is 0.0282. The van der Waals surface area contributed by atoms with Crippen molar-refractivity contribution in [2.45, 2.75) is 44.8 Å². The molecule has 4 heteroatoms. The van der Waals surface area contributed by atoms with Gasteiger partial charge in [-0.2, -0.15) is 0 Å². The molecule has 0 aromatic carbocycles. The molecule has 2 rings (SSSR count). The van der Waals surface area contributed by atoms with Crippen LogP contribution in [-0.4, -0.2) is 16.2 Å². The van der Waals surface area contributed by atoms with Gasteiger partial charge in [0.15, 0.2) is 0 Å². The van der Waals surface area contributed by atoms with Crippen LogP contribution in [0, 0.1) is 0 Å². The van der Waals surface area contributed by atoms with Crippen LogP contribution in [-0.2, 0) is 12.0 Å². The van der Waals surface area contributed by atoms with E-state index in [1.807, 2.05) is 10.8 Å². The first kappa shape index (κ1) is 12.0. The summed E-state index contributed by atoms with van der Waals surface area (Å²) in [7, 11) is 0. The Balaban J connectivity index is 2.54. The molecule has 1 heterocycles. The zero-order valence-corrected chi connectivity index (χ0v) is 10.6. The first-order valence-corrected chi connectivity index (χ1v) is 6.19. The van der Waals surface area contributed by atoms with E-state index >= 15 is 0 Å². The molecular formula is C12H19ClN2O. The maximum Gasteiger partial charge on any atom is 0.112 e. The molecule has 16 heavy (non-hydrogen) atoms. The second-order valence-electron chi connectivity index (χ2n) is 4.90. The second-order valence-corrected chi connectivity index (χ2v) is 5.26. The minimum Gasteiger partial charge on any atom is -0.384 e. The van der Waals surface area contributed by atoms with Crippen LogP contribution < -0.4 is 5.73 Å². The average molecular weight is 243 g/mol. The van der Waals surface area contributed by atoms with Gasteiger partial charge in [-0.05, 0) is 38.7 Å². The van der Waals surface area contributed by atoms with Crippen LogP contribution in [0.15, 0.2) is 6.20 Å². The topological polar surface area (TPSA) is 51.2 Å². The van der Waals surface area contributed by atoms with Crippen molar-refractivity contribution in [3.05, 3.63) is 22.5 Å². The summed E-state index contributed by atoms with van der Waals surface area (Å²) in [6.45, 7) is 4.43. The molecule has 1 aromatic heterocycles. The summed E-state index contributed by atoms with van der Waals surface area (Å²) in [5, 5.41) is 11.2. The summed E-state index contributed by atoms with van der Waals surface area (Å²) in [6.07, 6.45) is 4.59. The van der Waals surface area contributed by atoms with Crippen molar-refractivity contribution < 1.29 is 5.11 Å². The van der Waals surface area contributed by atoms with Crippen LogP contribution in [0.1, 0.15) is 43.9 Å². The molecule has 0 amide bonds. The normalized spacial score (nSPS) is 24.9. The van der Waals surface area contributed by atoms with Gasteiger partial charge < -0.3 is 15.4 Å². The Bertz CT molecular complexity index is 400. The lowest BCUT2D eigenvalue weighted by Gasteiger charge is -2.31. The number of aromatic nitrogens is 1. The number of fused-ring (bicyclic) bond motifs is 1. The lowest BCUT2D eigenvalue weighted by atomic mass is 9.81. The second kappa shape index (κ2) is 4.06. The van der Waals surface area contributed by atoms with E-state index in [1.165, 1.54) is 0 Å². The Labute approximate surface area is 101 Å². The highest BCUT2D eigenvalue weighted by Crippen LogP contribution is 2.40. The van der Waals surface area contributed by atoms with Gasteiger partial charge in [0.25, 0.3) is 0 Å². The van der Waals surface area contributed by atoms with Crippen LogP contribution in [0.3, 0.4) is 0 Å². The number of nitrogens with zero attached hydrogens (tertiary/aromatic N) is 1. The van der Waals surface area contributed by atoms with Crippen molar-refractivity contribution in [1.82, 2.24) is 4.57 Å². The smallest absolute Gasteiger partial charge is 0.112 e.